The number of rotatable bonds is 6. The van der Waals surface area contributed by atoms with Gasteiger partial charge in [-0.25, -0.2) is 0 Å². The SMILES string of the molecule is Cc1ccc(NC(=O)c2ccc3c(c2)OCCO3)cc1NC(=O)c1ccc2nc(CCO)ccc2c1. The van der Waals surface area contributed by atoms with Crippen molar-refractivity contribution >= 4 is 34.1 Å². The van der Waals surface area contributed by atoms with Crippen LogP contribution < -0.4 is 20.1 Å². The van der Waals surface area contributed by atoms with Crippen LogP contribution in [0.1, 0.15) is 32.0 Å². The number of benzene rings is 3. The first-order valence-electron chi connectivity index (χ1n) is 11.6. The molecule has 0 radical (unpaired) electrons. The first kappa shape index (κ1) is 23.3. The lowest BCUT2D eigenvalue weighted by Gasteiger charge is -2.18. The molecule has 8 nitrogen and oxygen atoms in total. The number of carbonyl (C=O) groups excluding carboxylic acids is 2. The molecule has 1 aliphatic heterocycles. The molecular weight excluding hydrogens is 458 g/mol. The maximum atomic E-state index is 13.0. The summed E-state index contributed by atoms with van der Waals surface area (Å²) in [5.74, 6) is 0.597. The van der Waals surface area contributed by atoms with Crippen molar-refractivity contribution in [2.24, 2.45) is 0 Å². The number of aliphatic hydroxyl groups excluding tert-OH is 1. The van der Waals surface area contributed by atoms with Gasteiger partial charge in [-0.1, -0.05) is 12.1 Å². The summed E-state index contributed by atoms with van der Waals surface area (Å²) in [6.07, 6.45) is 0.485. The van der Waals surface area contributed by atoms with Crippen LogP contribution in [0.25, 0.3) is 10.9 Å². The van der Waals surface area contributed by atoms with Gasteiger partial charge in [0.2, 0.25) is 0 Å². The second-order valence-corrected chi connectivity index (χ2v) is 8.48. The molecule has 8 heteroatoms. The quantitative estimate of drug-likeness (QED) is 0.376. The molecule has 0 fully saturated rings. The zero-order valence-electron chi connectivity index (χ0n) is 19.7. The van der Waals surface area contributed by atoms with E-state index in [4.69, 9.17) is 14.6 Å². The first-order valence-corrected chi connectivity index (χ1v) is 11.6. The number of amides is 2. The normalized spacial score (nSPS) is 12.3. The highest BCUT2D eigenvalue weighted by atomic mass is 16.6. The number of hydrogen-bond acceptors (Lipinski definition) is 6. The van der Waals surface area contributed by atoms with Crippen molar-refractivity contribution < 1.29 is 24.2 Å². The highest BCUT2D eigenvalue weighted by Gasteiger charge is 2.16. The molecule has 1 aromatic heterocycles. The molecule has 0 aliphatic carbocycles. The summed E-state index contributed by atoms with van der Waals surface area (Å²) in [5.41, 5.74) is 4.50. The largest absolute Gasteiger partial charge is 0.486 e. The highest BCUT2D eigenvalue weighted by molar-refractivity contribution is 6.08. The van der Waals surface area contributed by atoms with Crippen LogP contribution in [0.15, 0.2) is 66.7 Å². The van der Waals surface area contributed by atoms with Gasteiger partial charge in [-0.15, -0.1) is 0 Å². The molecule has 2 amide bonds. The van der Waals surface area contributed by atoms with E-state index in [2.05, 4.69) is 15.6 Å². The molecule has 0 bridgehead atoms. The summed E-state index contributed by atoms with van der Waals surface area (Å²) in [6, 6.07) is 19.4. The minimum atomic E-state index is -0.296. The molecule has 3 N–H and O–H groups in total. The van der Waals surface area contributed by atoms with E-state index in [9.17, 15) is 9.59 Å². The zero-order chi connectivity index (χ0) is 25.1. The topological polar surface area (TPSA) is 110 Å². The number of nitrogens with zero attached hydrogens (tertiary/aromatic N) is 1. The molecular formula is C28H25N3O5. The number of anilines is 2. The number of aryl methyl sites for hydroxylation is 1. The Balaban J connectivity index is 1.31. The van der Waals surface area contributed by atoms with E-state index in [0.717, 1.165) is 22.2 Å². The van der Waals surface area contributed by atoms with Crippen molar-refractivity contribution in [2.45, 2.75) is 13.3 Å². The summed E-state index contributed by atoms with van der Waals surface area (Å²) >= 11 is 0. The Morgan fingerprint density at radius 2 is 1.61 bits per heavy atom. The Morgan fingerprint density at radius 3 is 2.44 bits per heavy atom. The molecule has 4 aromatic rings. The first-order chi connectivity index (χ1) is 17.5. The van der Waals surface area contributed by atoms with E-state index in [1.54, 1.807) is 48.5 Å². The van der Waals surface area contributed by atoms with Gasteiger partial charge in [0.05, 0.1) is 5.52 Å². The predicted molar refractivity (Wildman–Crippen MR) is 137 cm³/mol. The van der Waals surface area contributed by atoms with Gasteiger partial charge in [0.15, 0.2) is 11.5 Å². The van der Waals surface area contributed by atoms with Crippen LogP contribution >= 0.6 is 0 Å². The van der Waals surface area contributed by atoms with Crippen LogP contribution in [-0.4, -0.2) is 41.7 Å². The maximum absolute atomic E-state index is 13.0. The Kier molecular flexibility index (Phi) is 6.51. The predicted octanol–water partition coefficient (Wildman–Crippen LogP) is 4.35. The number of aromatic nitrogens is 1. The number of hydrogen-bond donors (Lipinski definition) is 3. The number of aliphatic hydroxyl groups is 1. The van der Waals surface area contributed by atoms with Gasteiger partial charge in [-0.05, 0) is 67.1 Å². The molecule has 0 unspecified atom stereocenters. The van der Waals surface area contributed by atoms with Crippen molar-refractivity contribution in [1.82, 2.24) is 4.98 Å². The van der Waals surface area contributed by atoms with Crippen molar-refractivity contribution in [2.75, 3.05) is 30.5 Å². The average molecular weight is 484 g/mol. The monoisotopic (exact) mass is 483 g/mol. The van der Waals surface area contributed by atoms with Crippen LogP contribution in [0.5, 0.6) is 11.5 Å². The molecule has 182 valence electrons. The van der Waals surface area contributed by atoms with Crippen molar-refractivity contribution in [1.29, 1.82) is 0 Å². The van der Waals surface area contributed by atoms with Gasteiger partial charge in [0.25, 0.3) is 11.8 Å². The van der Waals surface area contributed by atoms with E-state index in [1.807, 2.05) is 25.1 Å². The van der Waals surface area contributed by atoms with Gasteiger partial charge < -0.3 is 25.2 Å². The van der Waals surface area contributed by atoms with Crippen LogP contribution in [0.2, 0.25) is 0 Å². The summed E-state index contributed by atoms with van der Waals surface area (Å²) < 4.78 is 11.1. The average Bonchev–Trinajstić information content (AvgIpc) is 2.90. The fourth-order valence-electron chi connectivity index (χ4n) is 3.98. The summed E-state index contributed by atoms with van der Waals surface area (Å²) in [5, 5.41) is 15.8. The van der Waals surface area contributed by atoms with E-state index in [-0.39, 0.29) is 18.4 Å². The van der Waals surface area contributed by atoms with Crippen LogP contribution in [0.4, 0.5) is 11.4 Å². The molecule has 1 aliphatic rings. The van der Waals surface area contributed by atoms with Gasteiger partial charge in [-0.3, -0.25) is 14.6 Å². The van der Waals surface area contributed by atoms with Crippen LogP contribution in [-0.2, 0) is 6.42 Å². The molecule has 0 saturated heterocycles. The molecule has 0 atom stereocenters. The summed E-state index contributed by atoms with van der Waals surface area (Å²) in [7, 11) is 0. The van der Waals surface area contributed by atoms with Gasteiger partial charge >= 0.3 is 0 Å². The van der Waals surface area contributed by atoms with Gasteiger partial charge in [0.1, 0.15) is 13.2 Å². The third-order valence-electron chi connectivity index (χ3n) is 5.93. The third-order valence-corrected chi connectivity index (χ3v) is 5.93. The Bertz CT molecular complexity index is 1470. The standard InChI is InChI=1S/C28H25N3O5/c1-17-2-6-22(30-27(33)20-5-9-25-26(15-20)36-13-12-35-25)16-24(17)31-28(34)19-4-8-23-18(14-19)3-7-21(29-23)10-11-32/h2-9,14-16,32H,10-13H2,1H3,(H,30,33)(H,31,34). The Labute approximate surface area is 207 Å². The Morgan fingerprint density at radius 1 is 0.861 bits per heavy atom. The van der Waals surface area contributed by atoms with Crippen molar-refractivity contribution in [3.8, 4) is 11.5 Å². The van der Waals surface area contributed by atoms with Crippen molar-refractivity contribution in [3.63, 3.8) is 0 Å². The summed E-state index contributed by atoms with van der Waals surface area (Å²) in [6.45, 7) is 2.85. The van der Waals surface area contributed by atoms with Crippen LogP contribution in [0.3, 0.4) is 0 Å². The van der Waals surface area contributed by atoms with Gasteiger partial charge in [0, 0.05) is 46.6 Å². The zero-order valence-corrected chi connectivity index (χ0v) is 19.7. The molecule has 0 spiro atoms. The second-order valence-electron chi connectivity index (χ2n) is 8.48. The fraction of sp³-hybridized carbons (Fsp3) is 0.179. The highest BCUT2D eigenvalue weighted by Crippen LogP contribution is 2.31. The Hall–Kier alpha value is -4.43. The molecule has 2 heterocycles. The number of carbonyl (C=O) groups is 2. The van der Waals surface area contributed by atoms with E-state index >= 15 is 0 Å². The number of pyridine rings is 1. The fourth-order valence-corrected chi connectivity index (χ4v) is 3.98. The van der Waals surface area contributed by atoms with Gasteiger partial charge in [-0.2, -0.15) is 0 Å². The molecule has 0 saturated carbocycles. The van der Waals surface area contributed by atoms with E-state index in [1.165, 1.54) is 0 Å². The minimum absolute atomic E-state index is 0.0363. The molecule has 3 aromatic carbocycles. The number of ether oxygens (including phenoxy) is 2. The number of fused-ring (bicyclic) bond motifs is 2. The summed E-state index contributed by atoms with van der Waals surface area (Å²) in [4.78, 5) is 30.3. The lowest BCUT2D eigenvalue weighted by molar-refractivity contribution is 0.101. The smallest absolute Gasteiger partial charge is 0.255 e. The lowest BCUT2D eigenvalue weighted by atomic mass is 10.1. The number of nitrogens with one attached hydrogen (secondary N) is 2. The third kappa shape index (κ3) is 4.99. The lowest BCUT2D eigenvalue weighted by Crippen LogP contribution is -2.17. The molecule has 36 heavy (non-hydrogen) atoms. The minimum Gasteiger partial charge on any atom is -0.486 e. The molecule has 5 rings (SSSR count). The maximum Gasteiger partial charge on any atom is 0.255 e. The van der Waals surface area contributed by atoms with E-state index < -0.39 is 0 Å². The second kappa shape index (κ2) is 10.1. The van der Waals surface area contributed by atoms with Crippen LogP contribution in [0, 0.1) is 6.92 Å². The van der Waals surface area contributed by atoms with E-state index in [0.29, 0.717) is 53.6 Å². The van der Waals surface area contributed by atoms with Crippen molar-refractivity contribution in [3.05, 3.63) is 89.1 Å².